The van der Waals surface area contributed by atoms with E-state index in [1.165, 1.54) is 0 Å². The number of nitrogens with zero attached hydrogens (tertiary/aromatic N) is 1. The number of hydrogen-bond donors (Lipinski definition) is 1. The Hall–Kier alpha value is -1.41. The molecule has 1 heterocycles. The highest BCUT2D eigenvalue weighted by atomic mass is 35.5. The van der Waals surface area contributed by atoms with Crippen molar-refractivity contribution >= 4 is 17.3 Å². The van der Waals surface area contributed by atoms with Crippen LogP contribution in [0.25, 0.3) is 5.69 Å². The first-order valence-electron chi connectivity index (χ1n) is 3.96. The standard InChI is InChI=1S/C10H9ClN2/c11-9-7-8(12)3-4-10(9)13-5-1-2-6-13/h1-7H,12H2. The fourth-order valence-electron chi connectivity index (χ4n) is 1.23. The monoisotopic (exact) mass is 192 g/mol. The van der Waals surface area contributed by atoms with Crippen LogP contribution in [0.3, 0.4) is 0 Å². The van der Waals surface area contributed by atoms with Crippen LogP contribution >= 0.6 is 11.6 Å². The average molecular weight is 193 g/mol. The van der Waals surface area contributed by atoms with Gasteiger partial charge in [0.15, 0.2) is 0 Å². The van der Waals surface area contributed by atoms with Crippen LogP contribution in [0.2, 0.25) is 5.02 Å². The molecule has 2 N–H and O–H groups in total. The molecule has 0 saturated carbocycles. The summed E-state index contributed by atoms with van der Waals surface area (Å²) in [5.74, 6) is 0. The molecule has 0 radical (unpaired) electrons. The molecule has 1 aromatic heterocycles. The van der Waals surface area contributed by atoms with E-state index in [9.17, 15) is 0 Å². The number of aromatic nitrogens is 1. The number of rotatable bonds is 1. The van der Waals surface area contributed by atoms with Crippen molar-refractivity contribution in [2.24, 2.45) is 0 Å². The number of nitrogen functional groups attached to an aromatic ring is 1. The molecule has 3 heteroatoms. The Labute approximate surface area is 81.6 Å². The fraction of sp³-hybridized carbons (Fsp3) is 0. The van der Waals surface area contributed by atoms with Gasteiger partial charge in [-0.25, -0.2) is 0 Å². The summed E-state index contributed by atoms with van der Waals surface area (Å²) in [6.07, 6.45) is 3.88. The van der Waals surface area contributed by atoms with Gasteiger partial charge >= 0.3 is 0 Å². The Morgan fingerprint density at radius 2 is 1.85 bits per heavy atom. The molecular weight excluding hydrogens is 184 g/mol. The van der Waals surface area contributed by atoms with Crippen LogP contribution in [0.1, 0.15) is 0 Å². The van der Waals surface area contributed by atoms with Crippen LogP contribution in [-0.2, 0) is 0 Å². The Morgan fingerprint density at radius 3 is 2.46 bits per heavy atom. The first kappa shape index (κ1) is 8.20. The molecule has 66 valence electrons. The Bertz CT molecular complexity index is 407. The van der Waals surface area contributed by atoms with Gasteiger partial charge in [-0.05, 0) is 30.3 Å². The molecule has 0 spiro atoms. The number of nitrogens with two attached hydrogens (primary N) is 1. The summed E-state index contributed by atoms with van der Waals surface area (Å²) in [5.41, 5.74) is 7.21. The predicted octanol–water partition coefficient (Wildman–Crippen LogP) is 2.71. The highest BCUT2D eigenvalue weighted by Crippen LogP contribution is 2.22. The molecule has 0 aliphatic rings. The second-order valence-electron chi connectivity index (χ2n) is 2.80. The second kappa shape index (κ2) is 3.15. The largest absolute Gasteiger partial charge is 0.399 e. The molecule has 0 saturated heterocycles. The van der Waals surface area contributed by atoms with Gasteiger partial charge in [-0.3, -0.25) is 0 Å². The lowest BCUT2D eigenvalue weighted by molar-refractivity contribution is 1.08. The van der Waals surface area contributed by atoms with Crippen molar-refractivity contribution in [1.82, 2.24) is 4.57 Å². The van der Waals surface area contributed by atoms with Crippen molar-refractivity contribution < 1.29 is 0 Å². The van der Waals surface area contributed by atoms with Gasteiger partial charge in [0.05, 0.1) is 10.7 Å². The van der Waals surface area contributed by atoms with E-state index in [0.717, 1.165) is 5.69 Å². The van der Waals surface area contributed by atoms with Crippen LogP contribution in [-0.4, -0.2) is 4.57 Å². The molecule has 0 amide bonds. The summed E-state index contributed by atoms with van der Waals surface area (Å²) in [6.45, 7) is 0. The van der Waals surface area contributed by atoms with Crippen LogP contribution in [0.5, 0.6) is 0 Å². The lowest BCUT2D eigenvalue weighted by Gasteiger charge is -2.05. The van der Waals surface area contributed by atoms with E-state index in [2.05, 4.69) is 0 Å². The number of hydrogen-bond acceptors (Lipinski definition) is 1. The molecule has 2 aromatic rings. The average Bonchev–Trinajstić information content (AvgIpc) is 2.56. The van der Waals surface area contributed by atoms with Crippen LogP contribution in [0.15, 0.2) is 42.7 Å². The van der Waals surface area contributed by atoms with E-state index < -0.39 is 0 Å². The topological polar surface area (TPSA) is 30.9 Å². The molecule has 0 aliphatic carbocycles. The Balaban J connectivity index is 2.53. The Morgan fingerprint density at radius 1 is 1.15 bits per heavy atom. The molecule has 0 atom stereocenters. The summed E-state index contributed by atoms with van der Waals surface area (Å²) >= 11 is 6.02. The third kappa shape index (κ3) is 1.53. The maximum Gasteiger partial charge on any atom is 0.0666 e. The number of benzene rings is 1. The van der Waals surface area contributed by atoms with Gasteiger partial charge in [0, 0.05) is 18.1 Å². The molecule has 0 unspecified atom stereocenters. The Kier molecular flexibility index (Phi) is 1.99. The highest BCUT2D eigenvalue weighted by molar-refractivity contribution is 6.32. The minimum absolute atomic E-state index is 0.663. The fourth-order valence-corrected chi connectivity index (χ4v) is 1.51. The van der Waals surface area contributed by atoms with Crippen LogP contribution < -0.4 is 5.73 Å². The van der Waals surface area contributed by atoms with Crippen molar-refractivity contribution in [1.29, 1.82) is 0 Å². The molecule has 2 nitrogen and oxygen atoms in total. The van der Waals surface area contributed by atoms with Gasteiger partial charge in [0.2, 0.25) is 0 Å². The van der Waals surface area contributed by atoms with Gasteiger partial charge < -0.3 is 10.3 Å². The quantitative estimate of drug-likeness (QED) is 0.692. The van der Waals surface area contributed by atoms with Crippen LogP contribution in [0.4, 0.5) is 5.69 Å². The SMILES string of the molecule is Nc1ccc(-n2cccc2)c(Cl)c1. The summed E-state index contributed by atoms with van der Waals surface area (Å²) < 4.78 is 1.95. The third-order valence-corrected chi connectivity index (χ3v) is 2.16. The van der Waals surface area contributed by atoms with Gasteiger partial charge in [-0.15, -0.1) is 0 Å². The molecule has 2 rings (SSSR count). The first-order valence-corrected chi connectivity index (χ1v) is 4.33. The van der Waals surface area contributed by atoms with Gasteiger partial charge in [0.25, 0.3) is 0 Å². The highest BCUT2D eigenvalue weighted by Gasteiger charge is 2.00. The smallest absolute Gasteiger partial charge is 0.0666 e. The summed E-state index contributed by atoms with van der Waals surface area (Å²) in [7, 11) is 0. The lowest BCUT2D eigenvalue weighted by Crippen LogP contribution is -1.92. The minimum atomic E-state index is 0.663. The van der Waals surface area contributed by atoms with Gasteiger partial charge in [-0.1, -0.05) is 11.6 Å². The zero-order chi connectivity index (χ0) is 9.26. The molecule has 0 fully saturated rings. The van der Waals surface area contributed by atoms with Crippen molar-refractivity contribution in [2.45, 2.75) is 0 Å². The second-order valence-corrected chi connectivity index (χ2v) is 3.21. The minimum Gasteiger partial charge on any atom is -0.399 e. The normalized spacial score (nSPS) is 10.2. The third-order valence-electron chi connectivity index (χ3n) is 1.85. The predicted molar refractivity (Wildman–Crippen MR) is 55.2 cm³/mol. The maximum absolute atomic E-state index is 6.02. The van der Waals surface area contributed by atoms with E-state index in [4.69, 9.17) is 17.3 Å². The molecule has 0 aliphatic heterocycles. The van der Waals surface area contributed by atoms with E-state index in [1.807, 2.05) is 41.2 Å². The van der Waals surface area contributed by atoms with Gasteiger partial charge in [-0.2, -0.15) is 0 Å². The number of halogens is 1. The maximum atomic E-state index is 6.02. The van der Waals surface area contributed by atoms with E-state index in [1.54, 1.807) is 6.07 Å². The first-order chi connectivity index (χ1) is 6.27. The van der Waals surface area contributed by atoms with Crippen molar-refractivity contribution in [3.05, 3.63) is 47.7 Å². The van der Waals surface area contributed by atoms with E-state index in [0.29, 0.717) is 10.7 Å². The van der Waals surface area contributed by atoms with Gasteiger partial charge in [0.1, 0.15) is 0 Å². The van der Waals surface area contributed by atoms with Crippen molar-refractivity contribution in [2.75, 3.05) is 5.73 Å². The van der Waals surface area contributed by atoms with Crippen molar-refractivity contribution in [3.63, 3.8) is 0 Å². The summed E-state index contributed by atoms with van der Waals surface area (Å²) in [5, 5.41) is 0.663. The summed E-state index contributed by atoms with van der Waals surface area (Å²) in [4.78, 5) is 0. The molecule has 13 heavy (non-hydrogen) atoms. The zero-order valence-corrected chi connectivity index (χ0v) is 7.70. The number of anilines is 1. The zero-order valence-electron chi connectivity index (χ0n) is 6.94. The molecular formula is C10H9ClN2. The summed E-state index contributed by atoms with van der Waals surface area (Å²) in [6, 6.07) is 9.38. The lowest BCUT2D eigenvalue weighted by atomic mass is 10.3. The van der Waals surface area contributed by atoms with E-state index in [-0.39, 0.29) is 0 Å². The van der Waals surface area contributed by atoms with Crippen molar-refractivity contribution in [3.8, 4) is 5.69 Å². The molecule has 0 bridgehead atoms. The van der Waals surface area contributed by atoms with E-state index >= 15 is 0 Å². The molecule has 1 aromatic carbocycles. The van der Waals surface area contributed by atoms with Crippen LogP contribution in [0, 0.1) is 0 Å².